The van der Waals surface area contributed by atoms with Crippen molar-refractivity contribution in [2.24, 2.45) is 0 Å². The van der Waals surface area contributed by atoms with Gasteiger partial charge in [0.25, 0.3) is 0 Å². The molecule has 0 aliphatic heterocycles. The minimum atomic E-state index is -4.58. The summed E-state index contributed by atoms with van der Waals surface area (Å²) in [5.41, 5.74) is -0.622. The van der Waals surface area contributed by atoms with E-state index in [1.54, 1.807) is 0 Å². The summed E-state index contributed by atoms with van der Waals surface area (Å²) >= 11 is 6.92. The first-order valence-electron chi connectivity index (χ1n) is 6.13. The van der Waals surface area contributed by atoms with Gasteiger partial charge in [-0.15, -0.1) is 11.8 Å². The lowest BCUT2D eigenvalue weighted by Gasteiger charge is -2.15. The van der Waals surface area contributed by atoms with E-state index < -0.39 is 22.9 Å². The van der Waals surface area contributed by atoms with Gasteiger partial charge in [0.1, 0.15) is 6.33 Å². The summed E-state index contributed by atoms with van der Waals surface area (Å²) in [5.74, 6) is 0.133. The Bertz CT molecular complexity index is 670. The Balaban J connectivity index is 2.48. The van der Waals surface area contributed by atoms with Crippen LogP contribution >= 0.6 is 23.4 Å². The lowest BCUT2D eigenvalue weighted by Crippen LogP contribution is -2.16. The molecule has 0 radical (unpaired) electrons. The summed E-state index contributed by atoms with van der Waals surface area (Å²) in [5, 5.41) is 9.47. The highest BCUT2D eigenvalue weighted by Gasteiger charge is 2.35. The van der Waals surface area contributed by atoms with Crippen molar-refractivity contribution in [1.82, 2.24) is 9.97 Å². The molecule has 0 fully saturated rings. The number of hydrogen-bond donors (Lipinski definition) is 1. The summed E-state index contributed by atoms with van der Waals surface area (Å²) < 4.78 is 44.0. The van der Waals surface area contributed by atoms with Crippen LogP contribution in [0.15, 0.2) is 23.5 Å². The maximum Gasteiger partial charge on any atom is 0.417 e. The number of nitrogens with zero attached hydrogens (tertiary/aromatic N) is 2. The summed E-state index contributed by atoms with van der Waals surface area (Å²) in [6.45, 7) is 0.0799. The van der Waals surface area contributed by atoms with Gasteiger partial charge in [0.15, 0.2) is 0 Å². The highest BCUT2D eigenvalue weighted by Crippen LogP contribution is 2.43. The quantitative estimate of drug-likeness (QED) is 0.836. The molecular formula is C13H12ClF3N2O2S. The molecular weight excluding hydrogens is 341 g/mol. The fourth-order valence-corrected chi connectivity index (χ4v) is 3.25. The molecule has 0 saturated carbocycles. The molecule has 1 N–H and O–H groups in total. The van der Waals surface area contributed by atoms with Gasteiger partial charge in [-0.25, -0.2) is 9.97 Å². The van der Waals surface area contributed by atoms with Crippen LogP contribution in [-0.4, -0.2) is 40.6 Å². The zero-order chi connectivity index (χ0) is 16.3. The molecule has 120 valence electrons. The van der Waals surface area contributed by atoms with Crippen LogP contribution in [0.3, 0.4) is 0 Å². The molecule has 0 unspecified atom stereocenters. The Morgan fingerprint density at radius 3 is 2.82 bits per heavy atom. The molecule has 4 nitrogen and oxygen atoms in total. The number of fused-ring (bicyclic) bond motifs is 1. The van der Waals surface area contributed by atoms with Crippen molar-refractivity contribution >= 4 is 34.3 Å². The van der Waals surface area contributed by atoms with E-state index in [4.69, 9.17) is 16.3 Å². The van der Waals surface area contributed by atoms with Crippen molar-refractivity contribution in [3.05, 3.63) is 29.2 Å². The molecule has 2 aromatic rings. The Morgan fingerprint density at radius 2 is 2.18 bits per heavy atom. The van der Waals surface area contributed by atoms with E-state index in [1.807, 2.05) is 0 Å². The van der Waals surface area contributed by atoms with Crippen LogP contribution in [0.1, 0.15) is 5.56 Å². The van der Waals surface area contributed by atoms with Gasteiger partial charge in [0, 0.05) is 24.4 Å². The predicted molar refractivity (Wildman–Crippen MR) is 78.2 cm³/mol. The lowest BCUT2D eigenvalue weighted by molar-refractivity contribution is -0.137. The van der Waals surface area contributed by atoms with Crippen LogP contribution in [0.2, 0.25) is 5.02 Å². The minimum absolute atomic E-state index is 0.0799. The number of halogens is 4. The first kappa shape index (κ1) is 17.3. The smallest absolute Gasteiger partial charge is 0.390 e. The Morgan fingerprint density at radius 1 is 1.45 bits per heavy atom. The first-order valence-corrected chi connectivity index (χ1v) is 7.50. The largest absolute Gasteiger partial charge is 0.417 e. The second-order valence-electron chi connectivity index (χ2n) is 4.45. The zero-order valence-electron chi connectivity index (χ0n) is 11.4. The molecule has 1 heterocycles. The number of benzene rings is 1. The van der Waals surface area contributed by atoms with Gasteiger partial charge in [0.2, 0.25) is 0 Å². The van der Waals surface area contributed by atoms with E-state index in [9.17, 15) is 18.3 Å². The summed E-state index contributed by atoms with van der Waals surface area (Å²) in [6, 6.07) is 0.924. The molecule has 0 saturated heterocycles. The molecule has 22 heavy (non-hydrogen) atoms. The van der Waals surface area contributed by atoms with Gasteiger partial charge in [-0.3, -0.25) is 0 Å². The van der Waals surface area contributed by atoms with Crippen LogP contribution < -0.4 is 0 Å². The van der Waals surface area contributed by atoms with Gasteiger partial charge >= 0.3 is 6.18 Å². The van der Waals surface area contributed by atoms with Gasteiger partial charge in [-0.05, 0) is 6.07 Å². The molecule has 2 rings (SSSR count). The first-order chi connectivity index (χ1) is 10.3. The van der Waals surface area contributed by atoms with Gasteiger partial charge in [0.05, 0.1) is 33.7 Å². The van der Waals surface area contributed by atoms with Gasteiger partial charge in [-0.1, -0.05) is 11.6 Å². The molecule has 0 aliphatic rings. The third-order valence-electron chi connectivity index (χ3n) is 2.78. The number of hydrogen-bond acceptors (Lipinski definition) is 5. The van der Waals surface area contributed by atoms with Crippen LogP contribution in [0.5, 0.6) is 0 Å². The highest BCUT2D eigenvalue weighted by atomic mass is 35.5. The van der Waals surface area contributed by atoms with E-state index in [0.717, 1.165) is 17.8 Å². The molecule has 0 amide bonds. The van der Waals surface area contributed by atoms with Crippen molar-refractivity contribution in [2.45, 2.75) is 17.2 Å². The second kappa shape index (κ2) is 6.99. The number of methoxy groups -OCH3 is 1. The number of ether oxygens (including phenoxy) is 1. The zero-order valence-corrected chi connectivity index (χ0v) is 13.0. The van der Waals surface area contributed by atoms with Crippen molar-refractivity contribution in [1.29, 1.82) is 0 Å². The Hall–Kier alpha value is -1.09. The average molecular weight is 353 g/mol. The molecule has 9 heteroatoms. The predicted octanol–water partition coefficient (Wildman–Crippen LogP) is 3.40. The lowest BCUT2D eigenvalue weighted by atomic mass is 10.1. The van der Waals surface area contributed by atoms with E-state index in [-0.39, 0.29) is 22.6 Å². The third kappa shape index (κ3) is 3.81. The third-order valence-corrected chi connectivity index (χ3v) is 4.52. The van der Waals surface area contributed by atoms with Crippen LogP contribution in [0.25, 0.3) is 10.9 Å². The number of thioether (sulfide) groups is 1. The molecule has 1 atom stereocenters. The summed E-state index contributed by atoms with van der Waals surface area (Å²) in [6.07, 6.45) is -2.87. The van der Waals surface area contributed by atoms with Crippen molar-refractivity contribution in [2.75, 3.05) is 19.5 Å². The topological polar surface area (TPSA) is 55.2 Å². The fraction of sp³-hybridized carbons (Fsp3) is 0.385. The van der Waals surface area contributed by atoms with E-state index >= 15 is 0 Å². The molecule has 1 aromatic carbocycles. The van der Waals surface area contributed by atoms with E-state index in [1.165, 1.54) is 19.6 Å². The van der Waals surface area contributed by atoms with Crippen LogP contribution in [0.4, 0.5) is 13.2 Å². The summed E-state index contributed by atoms with van der Waals surface area (Å²) in [7, 11) is 1.42. The molecule has 0 spiro atoms. The number of rotatable bonds is 5. The summed E-state index contributed by atoms with van der Waals surface area (Å²) in [4.78, 5) is 7.89. The van der Waals surface area contributed by atoms with Gasteiger partial charge < -0.3 is 9.84 Å². The Labute approximate surface area is 133 Å². The molecule has 1 aromatic heterocycles. The van der Waals surface area contributed by atoms with E-state index in [2.05, 4.69) is 9.97 Å². The average Bonchev–Trinajstić information content (AvgIpc) is 2.45. The maximum atomic E-state index is 13.1. The molecule has 0 bridgehead atoms. The van der Waals surface area contributed by atoms with E-state index in [0.29, 0.717) is 5.52 Å². The van der Waals surface area contributed by atoms with Gasteiger partial charge in [-0.2, -0.15) is 13.2 Å². The van der Waals surface area contributed by atoms with Crippen LogP contribution in [0, 0.1) is 0 Å². The Kier molecular flexibility index (Phi) is 5.49. The van der Waals surface area contributed by atoms with Crippen LogP contribution in [-0.2, 0) is 10.9 Å². The fourth-order valence-electron chi connectivity index (χ4n) is 1.84. The maximum absolute atomic E-state index is 13.1. The normalized spacial score (nSPS) is 13.5. The SMILES string of the molecule is COC[C@@H](O)CSc1c(Cl)c(C(F)(F)F)cc2cncnc12. The van der Waals surface area contributed by atoms with Crippen molar-refractivity contribution < 1.29 is 23.0 Å². The van der Waals surface area contributed by atoms with Crippen molar-refractivity contribution in [3.8, 4) is 0 Å². The minimum Gasteiger partial charge on any atom is -0.390 e. The highest BCUT2D eigenvalue weighted by molar-refractivity contribution is 7.99. The second-order valence-corrected chi connectivity index (χ2v) is 5.85. The number of aliphatic hydroxyl groups excluding tert-OH is 1. The number of aliphatic hydroxyl groups is 1. The number of alkyl halides is 3. The molecule has 0 aliphatic carbocycles. The van der Waals surface area contributed by atoms with Crippen molar-refractivity contribution in [3.63, 3.8) is 0 Å². The standard InChI is InChI=1S/C13H12ClF3N2O2S/c1-21-4-8(20)5-22-12-10(14)9(13(15,16)17)2-7-3-18-6-19-11(7)12/h2-3,6,8,20H,4-5H2,1H3/t8-/m1/s1. The monoisotopic (exact) mass is 352 g/mol. The number of aromatic nitrogens is 2.